The molecule has 4 aromatic rings. The highest BCUT2D eigenvalue weighted by atomic mass is 16.2. The Morgan fingerprint density at radius 2 is 1.70 bits per heavy atom. The summed E-state index contributed by atoms with van der Waals surface area (Å²) in [6, 6.07) is 29.2. The minimum Gasteiger partial charge on any atom is -0.348 e. The van der Waals surface area contributed by atoms with Gasteiger partial charge in [0.15, 0.2) is 0 Å². The molecule has 0 radical (unpaired) electrons. The number of aliphatic imine (C=N–C) groups is 3. The van der Waals surface area contributed by atoms with Gasteiger partial charge in [-0.15, -0.1) is 0 Å². The topological polar surface area (TPSA) is 146 Å². The first kappa shape index (κ1) is 37.4. The number of nitrogens with zero attached hydrogens (tertiary/aromatic N) is 6. The summed E-state index contributed by atoms with van der Waals surface area (Å²) in [6.45, 7) is 6.09. The monoisotopic (exact) mass is 745 g/mol. The average molecular weight is 746 g/mol. The van der Waals surface area contributed by atoms with Crippen molar-refractivity contribution in [1.82, 2.24) is 10.2 Å². The second-order valence-electron chi connectivity index (χ2n) is 14.0. The van der Waals surface area contributed by atoms with Crippen LogP contribution in [0.15, 0.2) is 135 Å². The maximum absolute atomic E-state index is 14.0. The van der Waals surface area contributed by atoms with E-state index in [4.69, 9.17) is 10.4 Å². The Labute approximate surface area is 326 Å². The van der Waals surface area contributed by atoms with Crippen LogP contribution in [-0.2, 0) is 11.3 Å². The number of allylic oxidation sites excluding steroid dienone is 1. The van der Waals surface area contributed by atoms with Crippen LogP contribution in [0.4, 0.5) is 21.9 Å². The molecule has 0 bridgehead atoms. The second-order valence-corrected chi connectivity index (χ2v) is 14.0. The third-order valence-corrected chi connectivity index (χ3v) is 10.00. The number of carbonyl (C=O) groups is 3. The Hall–Kier alpha value is -6.95. The third-order valence-electron chi connectivity index (χ3n) is 10.00. The number of nitrogens with one attached hydrogen (secondary N) is 3. The summed E-state index contributed by atoms with van der Waals surface area (Å²) in [7, 11) is 1.62. The van der Waals surface area contributed by atoms with Gasteiger partial charge in [-0.1, -0.05) is 66.7 Å². The fourth-order valence-corrected chi connectivity index (χ4v) is 6.88. The summed E-state index contributed by atoms with van der Waals surface area (Å²) < 4.78 is 0. The molecule has 4 aromatic carbocycles. The maximum Gasteiger partial charge on any atom is 0.330 e. The van der Waals surface area contributed by atoms with Gasteiger partial charge in [-0.25, -0.2) is 9.79 Å². The lowest BCUT2D eigenvalue weighted by molar-refractivity contribution is -0.119. The SMILES string of the molecule is CC1=NC=C(N/C=N/C2=C(C=N)CN(c3cc(NC(=O)c4ccc5c(c4)N(Cc4ccccc4)C(=O)[C@H](C)N=C5c4ccccc4)ccc3C)C(=O)N2C)CC1. The quantitative estimate of drug-likeness (QED) is 0.114. The van der Waals surface area contributed by atoms with Crippen LogP contribution in [0.3, 0.4) is 0 Å². The van der Waals surface area contributed by atoms with Gasteiger partial charge in [0.1, 0.15) is 11.9 Å². The molecule has 1 atom stereocenters. The van der Waals surface area contributed by atoms with Crippen molar-refractivity contribution in [2.75, 3.05) is 28.7 Å². The van der Waals surface area contributed by atoms with Crippen molar-refractivity contribution < 1.29 is 14.4 Å². The molecule has 0 saturated carbocycles. The largest absolute Gasteiger partial charge is 0.348 e. The lowest BCUT2D eigenvalue weighted by Gasteiger charge is -2.35. The Morgan fingerprint density at radius 1 is 0.946 bits per heavy atom. The van der Waals surface area contributed by atoms with Gasteiger partial charge in [0.2, 0.25) is 0 Å². The van der Waals surface area contributed by atoms with Crippen LogP contribution < -0.4 is 20.4 Å². The number of benzodiazepines with no additional fused rings is 1. The van der Waals surface area contributed by atoms with Crippen LogP contribution in [0, 0.1) is 12.3 Å². The van der Waals surface area contributed by atoms with Crippen molar-refractivity contribution in [3.63, 3.8) is 0 Å². The van der Waals surface area contributed by atoms with Crippen molar-refractivity contribution in [3.05, 3.63) is 148 Å². The Kier molecular flexibility index (Phi) is 10.8. The molecule has 7 rings (SSSR count). The van der Waals surface area contributed by atoms with Crippen LogP contribution in [0.25, 0.3) is 0 Å². The van der Waals surface area contributed by atoms with E-state index in [2.05, 4.69) is 20.6 Å². The van der Waals surface area contributed by atoms with Crippen molar-refractivity contribution in [3.8, 4) is 0 Å². The molecular formula is C44H43N9O3. The van der Waals surface area contributed by atoms with Gasteiger partial charge in [-0.3, -0.25) is 29.4 Å². The molecule has 56 heavy (non-hydrogen) atoms. The van der Waals surface area contributed by atoms with Crippen LogP contribution >= 0.6 is 0 Å². The van der Waals surface area contributed by atoms with E-state index in [0.29, 0.717) is 46.3 Å². The molecule has 0 fully saturated rings. The molecule has 12 heteroatoms. The van der Waals surface area contributed by atoms with Gasteiger partial charge in [-0.2, -0.15) is 0 Å². The molecule has 3 heterocycles. The summed E-state index contributed by atoms with van der Waals surface area (Å²) >= 11 is 0. The van der Waals surface area contributed by atoms with Crippen molar-refractivity contribution >= 4 is 58.9 Å². The molecule has 0 spiro atoms. The minimum absolute atomic E-state index is 0.115. The Morgan fingerprint density at radius 3 is 2.41 bits per heavy atom. The van der Waals surface area contributed by atoms with E-state index in [-0.39, 0.29) is 24.4 Å². The van der Waals surface area contributed by atoms with E-state index in [1.54, 1.807) is 54.2 Å². The van der Waals surface area contributed by atoms with Crippen LogP contribution in [0.1, 0.15) is 59.3 Å². The summed E-state index contributed by atoms with van der Waals surface area (Å²) in [5.41, 5.74) is 8.58. The lowest BCUT2D eigenvalue weighted by Crippen LogP contribution is -2.47. The van der Waals surface area contributed by atoms with Gasteiger partial charge in [0, 0.05) is 58.8 Å². The van der Waals surface area contributed by atoms with Crippen LogP contribution in [0.2, 0.25) is 0 Å². The molecule has 3 N–H and O–H groups in total. The Bertz CT molecular complexity index is 2360. The number of amides is 4. The highest BCUT2D eigenvalue weighted by Crippen LogP contribution is 2.33. The Balaban J connectivity index is 1.16. The lowest BCUT2D eigenvalue weighted by atomic mass is 9.98. The number of hydrogen-bond acceptors (Lipinski definition) is 7. The number of fused-ring (bicyclic) bond motifs is 1. The number of aryl methyl sites for hydroxylation is 1. The molecule has 3 aliphatic heterocycles. The molecule has 0 unspecified atom stereocenters. The summed E-state index contributed by atoms with van der Waals surface area (Å²) in [4.78, 5) is 60.2. The van der Waals surface area contributed by atoms with E-state index >= 15 is 0 Å². The van der Waals surface area contributed by atoms with E-state index < -0.39 is 6.04 Å². The van der Waals surface area contributed by atoms with Crippen molar-refractivity contribution in [2.45, 2.75) is 46.2 Å². The van der Waals surface area contributed by atoms with Crippen LogP contribution in [-0.4, -0.2) is 66.4 Å². The van der Waals surface area contributed by atoms with Gasteiger partial charge < -0.3 is 20.9 Å². The highest BCUT2D eigenvalue weighted by molar-refractivity contribution is 6.21. The minimum atomic E-state index is -0.650. The van der Waals surface area contributed by atoms with Crippen LogP contribution in [0.5, 0.6) is 0 Å². The van der Waals surface area contributed by atoms with Crippen molar-refractivity contribution in [1.29, 1.82) is 5.41 Å². The number of rotatable bonds is 10. The molecule has 12 nitrogen and oxygen atoms in total. The molecular weight excluding hydrogens is 703 g/mol. The van der Waals surface area contributed by atoms with E-state index in [0.717, 1.165) is 46.5 Å². The number of benzene rings is 4. The average Bonchev–Trinajstić information content (AvgIpc) is 3.32. The predicted molar refractivity (Wildman–Crippen MR) is 223 cm³/mol. The normalized spacial score (nSPS) is 17.2. The molecule has 4 amide bonds. The second kappa shape index (κ2) is 16.2. The fourth-order valence-electron chi connectivity index (χ4n) is 6.88. The number of urea groups is 1. The molecule has 0 aromatic heterocycles. The van der Waals surface area contributed by atoms with E-state index in [9.17, 15) is 14.4 Å². The standard InChI is InChI=1S/C44H43N9O3/c1-28-15-18-35(22-38(28)53-26-34(23-45)41(51(4)44(53)56)48-27-47-36-19-16-29(2)46-24-36)50-42(54)33-17-20-37-39(21-33)52(25-31-11-7-5-8-12-31)43(55)30(3)49-40(37)32-13-9-6-10-14-32/h5-15,17-18,20-24,27,30,45H,16,19,25-26H2,1-4H3,(H,47,48)(H,50,54)/t30-/m0/s1. The first-order chi connectivity index (χ1) is 27.1. The summed E-state index contributed by atoms with van der Waals surface area (Å²) in [6.07, 6.45) is 6.18. The van der Waals surface area contributed by atoms with Gasteiger partial charge >= 0.3 is 6.03 Å². The zero-order valence-corrected chi connectivity index (χ0v) is 31.8. The predicted octanol–water partition coefficient (Wildman–Crippen LogP) is 7.47. The molecule has 0 saturated heterocycles. The molecule has 3 aliphatic rings. The number of carbonyl (C=O) groups excluding carboxylic acids is 3. The van der Waals surface area contributed by atoms with Crippen molar-refractivity contribution in [2.24, 2.45) is 15.0 Å². The third kappa shape index (κ3) is 7.81. The number of hydrogen-bond donors (Lipinski definition) is 3. The molecule has 282 valence electrons. The van der Waals surface area contributed by atoms with Gasteiger partial charge in [0.25, 0.3) is 11.8 Å². The first-order valence-corrected chi connectivity index (χ1v) is 18.5. The summed E-state index contributed by atoms with van der Waals surface area (Å²) in [5, 5.41) is 14.3. The zero-order valence-electron chi connectivity index (χ0n) is 31.8. The van der Waals surface area contributed by atoms with Gasteiger partial charge in [0.05, 0.1) is 36.5 Å². The van der Waals surface area contributed by atoms with Gasteiger partial charge in [-0.05, 0) is 75.1 Å². The fraction of sp³-hybridized carbons (Fsp3) is 0.205. The zero-order chi connectivity index (χ0) is 39.3. The smallest absolute Gasteiger partial charge is 0.330 e. The highest BCUT2D eigenvalue weighted by Gasteiger charge is 2.33. The first-order valence-electron chi connectivity index (χ1n) is 18.5. The maximum atomic E-state index is 14.0. The summed E-state index contributed by atoms with van der Waals surface area (Å²) in [5.74, 6) is -0.192. The number of anilines is 3. The van der Waals surface area contributed by atoms with E-state index in [1.165, 1.54) is 17.5 Å². The molecule has 0 aliphatic carbocycles. The van der Waals surface area contributed by atoms with E-state index in [1.807, 2.05) is 86.6 Å².